The van der Waals surface area contributed by atoms with Crippen molar-refractivity contribution in [2.24, 2.45) is 5.92 Å². The third kappa shape index (κ3) is 3.37. The van der Waals surface area contributed by atoms with Crippen LogP contribution in [0.3, 0.4) is 0 Å². The molecule has 2 aromatic carbocycles. The van der Waals surface area contributed by atoms with Crippen molar-refractivity contribution in [1.82, 2.24) is 14.8 Å². The van der Waals surface area contributed by atoms with E-state index in [1.807, 2.05) is 30.5 Å². The molecule has 4 nitrogen and oxygen atoms in total. The summed E-state index contributed by atoms with van der Waals surface area (Å²) in [4.78, 5) is 17.3. The minimum atomic E-state index is -0.219. The van der Waals surface area contributed by atoms with Gasteiger partial charge in [0.2, 0.25) is 0 Å². The summed E-state index contributed by atoms with van der Waals surface area (Å²) >= 11 is 3.45. The van der Waals surface area contributed by atoms with Gasteiger partial charge in [-0.15, -0.1) is 0 Å². The van der Waals surface area contributed by atoms with Crippen molar-refractivity contribution in [2.45, 2.75) is 44.6 Å². The molecular weight excluding hydrogens is 445 g/mol. The standard InChI is InChI=1S/C24H23BrFN3O/c1-14(29-24(30)21-12-17(25)6-8-23(21)28-29)15-2-4-16(5-3-15)19-10-11-27-22-9-7-18(26)13-20(19)22/h6-16,28H,2-5H2,1H3. The van der Waals surface area contributed by atoms with Crippen molar-refractivity contribution in [1.29, 1.82) is 0 Å². The lowest BCUT2D eigenvalue weighted by Gasteiger charge is -2.33. The molecule has 0 aliphatic heterocycles. The second-order valence-corrected chi connectivity index (χ2v) is 9.31. The normalized spacial score (nSPS) is 20.6. The first-order valence-electron chi connectivity index (χ1n) is 10.4. The molecule has 0 saturated heterocycles. The summed E-state index contributed by atoms with van der Waals surface area (Å²) in [5.41, 5.74) is 2.95. The first-order valence-corrected chi connectivity index (χ1v) is 11.2. The summed E-state index contributed by atoms with van der Waals surface area (Å²) in [6.07, 6.45) is 5.97. The van der Waals surface area contributed by atoms with E-state index in [4.69, 9.17) is 0 Å². The molecule has 0 bridgehead atoms. The van der Waals surface area contributed by atoms with Crippen LogP contribution in [0.15, 0.2) is 57.9 Å². The molecule has 0 amide bonds. The fraction of sp³-hybridized carbons (Fsp3) is 0.333. The molecule has 0 radical (unpaired) electrons. The van der Waals surface area contributed by atoms with E-state index < -0.39 is 0 Å². The van der Waals surface area contributed by atoms with Gasteiger partial charge in [-0.05, 0) is 92.5 Å². The van der Waals surface area contributed by atoms with Gasteiger partial charge in [0, 0.05) is 16.1 Å². The lowest BCUT2D eigenvalue weighted by atomic mass is 9.75. The minimum absolute atomic E-state index is 0.0385. The molecular formula is C24H23BrFN3O. The molecule has 5 rings (SSSR count). The van der Waals surface area contributed by atoms with E-state index in [-0.39, 0.29) is 17.4 Å². The van der Waals surface area contributed by atoms with E-state index in [9.17, 15) is 9.18 Å². The fourth-order valence-corrected chi connectivity index (χ4v) is 5.37. The van der Waals surface area contributed by atoms with Crippen LogP contribution in [0, 0.1) is 11.7 Å². The second-order valence-electron chi connectivity index (χ2n) is 8.39. The van der Waals surface area contributed by atoms with Crippen molar-refractivity contribution < 1.29 is 4.39 Å². The zero-order chi connectivity index (χ0) is 20.8. The van der Waals surface area contributed by atoms with E-state index in [0.717, 1.165) is 52.0 Å². The number of aromatic amines is 1. The third-order valence-corrected chi connectivity index (χ3v) is 7.20. The highest BCUT2D eigenvalue weighted by molar-refractivity contribution is 9.10. The van der Waals surface area contributed by atoms with Crippen LogP contribution in [0.5, 0.6) is 0 Å². The number of nitrogens with one attached hydrogen (secondary N) is 1. The predicted molar refractivity (Wildman–Crippen MR) is 121 cm³/mol. The maximum absolute atomic E-state index is 13.8. The average Bonchev–Trinajstić information content (AvgIpc) is 3.09. The molecule has 2 heterocycles. The van der Waals surface area contributed by atoms with Gasteiger partial charge in [0.25, 0.3) is 5.56 Å². The summed E-state index contributed by atoms with van der Waals surface area (Å²) in [6, 6.07) is 12.7. The Labute approximate surface area is 182 Å². The monoisotopic (exact) mass is 467 g/mol. The Morgan fingerprint density at radius 2 is 1.90 bits per heavy atom. The van der Waals surface area contributed by atoms with Crippen molar-refractivity contribution in [2.75, 3.05) is 0 Å². The van der Waals surface area contributed by atoms with Crippen molar-refractivity contribution in [3.63, 3.8) is 0 Å². The molecule has 2 aromatic heterocycles. The summed E-state index contributed by atoms with van der Waals surface area (Å²) < 4.78 is 16.5. The van der Waals surface area contributed by atoms with Crippen LogP contribution < -0.4 is 5.56 Å². The molecule has 1 unspecified atom stereocenters. The lowest BCUT2D eigenvalue weighted by Crippen LogP contribution is -2.28. The number of fused-ring (bicyclic) bond motifs is 2. The molecule has 1 atom stereocenters. The van der Waals surface area contributed by atoms with Crippen LogP contribution >= 0.6 is 15.9 Å². The van der Waals surface area contributed by atoms with E-state index in [0.29, 0.717) is 11.8 Å². The Morgan fingerprint density at radius 3 is 2.70 bits per heavy atom. The second kappa shape index (κ2) is 7.65. The van der Waals surface area contributed by atoms with E-state index in [1.165, 1.54) is 11.6 Å². The molecule has 154 valence electrons. The number of H-pyrrole nitrogens is 1. The minimum Gasteiger partial charge on any atom is -0.295 e. The Hall–Kier alpha value is -2.47. The number of benzene rings is 2. The molecule has 1 N–H and O–H groups in total. The predicted octanol–water partition coefficient (Wildman–Crippen LogP) is 6.31. The van der Waals surface area contributed by atoms with Crippen molar-refractivity contribution in [3.05, 3.63) is 74.9 Å². The Kier molecular flexibility index (Phi) is 4.97. The third-order valence-electron chi connectivity index (χ3n) is 6.71. The maximum Gasteiger partial charge on any atom is 0.274 e. The lowest BCUT2D eigenvalue weighted by molar-refractivity contribution is 0.233. The van der Waals surface area contributed by atoms with Gasteiger partial charge < -0.3 is 0 Å². The molecule has 4 aromatic rings. The van der Waals surface area contributed by atoms with Crippen molar-refractivity contribution >= 4 is 37.7 Å². The first-order chi connectivity index (χ1) is 14.5. The number of halogens is 2. The van der Waals surface area contributed by atoms with E-state index >= 15 is 0 Å². The van der Waals surface area contributed by atoms with Crippen LogP contribution in [0.4, 0.5) is 4.39 Å². The molecule has 1 saturated carbocycles. The van der Waals surface area contributed by atoms with Crippen LogP contribution in [-0.2, 0) is 0 Å². The summed E-state index contributed by atoms with van der Waals surface area (Å²) in [5, 5.41) is 4.94. The molecule has 0 spiro atoms. The Bertz CT molecular complexity index is 1290. The van der Waals surface area contributed by atoms with Gasteiger partial charge >= 0.3 is 0 Å². The molecule has 6 heteroatoms. The zero-order valence-electron chi connectivity index (χ0n) is 16.7. The van der Waals surface area contributed by atoms with Gasteiger partial charge in [0.15, 0.2) is 0 Å². The van der Waals surface area contributed by atoms with Gasteiger partial charge in [-0.1, -0.05) is 15.9 Å². The smallest absolute Gasteiger partial charge is 0.274 e. The molecule has 30 heavy (non-hydrogen) atoms. The van der Waals surface area contributed by atoms with Gasteiger partial charge in [-0.2, -0.15) is 0 Å². The Balaban J connectivity index is 1.37. The van der Waals surface area contributed by atoms with Crippen LogP contribution in [0.2, 0.25) is 0 Å². The van der Waals surface area contributed by atoms with Crippen LogP contribution in [0.25, 0.3) is 21.8 Å². The van der Waals surface area contributed by atoms with Crippen LogP contribution in [-0.4, -0.2) is 14.8 Å². The van der Waals surface area contributed by atoms with E-state index in [2.05, 4.69) is 32.9 Å². The number of rotatable bonds is 3. The average molecular weight is 468 g/mol. The number of nitrogens with zero attached hydrogens (tertiary/aromatic N) is 2. The maximum atomic E-state index is 13.8. The Morgan fingerprint density at radius 1 is 1.10 bits per heavy atom. The highest BCUT2D eigenvalue weighted by Gasteiger charge is 2.29. The topological polar surface area (TPSA) is 50.7 Å². The number of hydrogen-bond donors (Lipinski definition) is 1. The van der Waals surface area contributed by atoms with Gasteiger partial charge in [-0.25, -0.2) is 9.07 Å². The van der Waals surface area contributed by atoms with Gasteiger partial charge in [0.05, 0.1) is 22.5 Å². The summed E-state index contributed by atoms with van der Waals surface area (Å²) in [7, 11) is 0. The van der Waals surface area contributed by atoms with Crippen LogP contribution in [0.1, 0.15) is 50.1 Å². The largest absolute Gasteiger partial charge is 0.295 e. The molecule has 1 aliphatic rings. The molecule has 1 fully saturated rings. The number of hydrogen-bond acceptors (Lipinski definition) is 2. The van der Waals surface area contributed by atoms with Gasteiger partial charge in [-0.3, -0.25) is 14.9 Å². The van der Waals surface area contributed by atoms with E-state index in [1.54, 1.807) is 16.8 Å². The number of aromatic nitrogens is 3. The SMILES string of the molecule is CC(C1CCC(c2ccnc3ccc(F)cc23)CC1)n1[nH]c2ccc(Br)cc2c1=O. The highest BCUT2D eigenvalue weighted by Crippen LogP contribution is 2.41. The number of pyridine rings is 1. The van der Waals surface area contributed by atoms with Gasteiger partial charge in [0.1, 0.15) is 5.82 Å². The highest BCUT2D eigenvalue weighted by atomic mass is 79.9. The quantitative estimate of drug-likeness (QED) is 0.383. The molecule has 1 aliphatic carbocycles. The first kappa shape index (κ1) is 19.5. The fourth-order valence-electron chi connectivity index (χ4n) is 5.01. The summed E-state index contributed by atoms with van der Waals surface area (Å²) in [5.74, 6) is 0.611. The van der Waals surface area contributed by atoms with Crippen molar-refractivity contribution in [3.8, 4) is 0 Å². The summed E-state index contributed by atoms with van der Waals surface area (Å²) in [6.45, 7) is 2.13. The zero-order valence-corrected chi connectivity index (χ0v) is 18.3.